The average Bonchev–Trinajstić information content (AvgIpc) is 3.45. The zero-order valence-electron chi connectivity index (χ0n) is 18.7. The van der Waals surface area contributed by atoms with E-state index in [1.54, 1.807) is 0 Å². The molecule has 6 heteroatoms. The van der Waals surface area contributed by atoms with Crippen molar-refractivity contribution in [2.75, 3.05) is 4.90 Å². The molecule has 5 nitrogen and oxygen atoms in total. The van der Waals surface area contributed by atoms with Gasteiger partial charge in [0.05, 0.1) is 11.7 Å². The van der Waals surface area contributed by atoms with Crippen LogP contribution in [-0.4, -0.2) is 14.7 Å². The first-order chi connectivity index (χ1) is 16.1. The third-order valence-corrected chi connectivity index (χ3v) is 6.29. The molecule has 166 valence electrons. The molecule has 1 aliphatic rings. The van der Waals surface area contributed by atoms with Crippen LogP contribution in [-0.2, 0) is 6.54 Å². The lowest BCUT2D eigenvalue weighted by atomic mass is 10.0. The molecule has 1 N–H and O–H groups in total. The van der Waals surface area contributed by atoms with Crippen LogP contribution in [0.4, 0.5) is 5.69 Å². The summed E-state index contributed by atoms with van der Waals surface area (Å²) >= 11 is 5.83. The van der Waals surface area contributed by atoms with Crippen LogP contribution in [0, 0.1) is 6.92 Å². The highest BCUT2D eigenvalue weighted by Crippen LogP contribution is 2.42. The van der Waals surface area contributed by atoms with Crippen molar-refractivity contribution in [3.8, 4) is 11.5 Å². The minimum atomic E-state index is -0.0533. The number of benzene rings is 2. The Morgan fingerprint density at radius 3 is 2.33 bits per heavy atom. The molecular formula is C27H26N4OS. The van der Waals surface area contributed by atoms with Gasteiger partial charge in [0.1, 0.15) is 17.5 Å². The third kappa shape index (κ3) is 4.22. The van der Waals surface area contributed by atoms with Crippen LogP contribution < -0.4 is 15.0 Å². The van der Waals surface area contributed by atoms with Crippen molar-refractivity contribution in [3.63, 3.8) is 0 Å². The van der Waals surface area contributed by atoms with E-state index in [-0.39, 0.29) is 12.1 Å². The van der Waals surface area contributed by atoms with Crippen LogP contribution in [0.5, 0.6) is 11.5 Å². The zero-order valence-corrected chi connectivity index (χ0v) is 19.5. The Bertz CT molecular complexity index is 1240. The second-order valence-electron chi connectivity index (χ2n) is 8.12. The van der Waals surface area contributed by atoms with E-state index in [1.807, 2.05) is 54.7 Å². The Morgan fingerprint density at radius 1 is 0.939 bits per heavy atom. The molecule has 3 heterocycles. The Kier molecular flexibility index (Phi) is 5.84. The first kappa shape index (κ1) is 21.2. The Balaban J connectivity index is 1.48. The molecule has 0 aliphatic carbocycles. The van der Waals surface area contributed by atoms with Gasteiger partial charge in [-0.1, -0.05) is 23.8 Å². The van der Waals surface area contributed by atoms with Gasteiger partial charge in [0.25, 0.3) is 0 Å². The van der Waals surface area contributed by atoms with Crippen molar-refractivity contribution < 1.29 is 4.74 Å². The second-order valence-corrected chi connectivity index (χ2v) is 8.51. The summed E-state index contributed by atoms with van der Waals surface area (Å²) in [5.74, 6) is 1.61. The standard InChI is InChI=1S/C27H26N4OS/c1-3-30-18-6-8-24(30)26-25(23-7-4-5-17-28-23)29-27(33)31(26)20-11-15-22(16-12-20)32-21-13-9-19(2)10-14-21/h4-18,25-26H,3H2,1-2H3,(H,29,33)/t25-,26+/m0/s1. The predicted molar refractivity (Wildman–Crippen MR) is 136 cm³/mol. The molecule has 0 radical (unpaired) electrons. The highest BCUT2D eigenvalue weighted by atomic mass is 32.1. The third-order valence-electron chi connectivity index (χ3n) is 5.98. The lowest BCUT2D eigenvalue weighted by molar-refractivity contribution is 0.482. The van der Waals surface area contributed by atoms with Gasteiger partial charge in [0, 0.05) is 30.3 Å². The molecule has 2 aromatic heterocycles. The lowest BCUT2D eigenvalue weighted by Crippen LogP contribution is -2.30. The van der Waals surface area contributed by atoms with E-state index in [0.29, 0.717) is 5.11 Å². The summed E-state index contributed by atoms with van der Waals surface area (Å²) in [4.78, 5) is 6.81. The van der Waals surface area contributed by atoms with E-state index < -0.39 is 0 Å². The van der Waals surface area contributed by atoms with E-state index in [4.69, 9.17) is 17.0 Å². The lowest BCUT2D eigenvalue weighted by Gasteiger charge is -2.29. The first-order valence-corrected chi connectivity index (χ1v) is 11.5. The number of aromatic nitrogens is 2. The molecule has 0 unspecified atom stereocenters. The zero-order chi connectivity index (χ0) is 22.8. The van der Waals surface area contributed by atoms with Crippen LogP contribution in [0.2, 0.25) is 0 Å². The van der Waals surface area contributed by atoms with Crippen LogP contribution >= 0.6 is 12.2 Å². The summed E-state index contributed by atoms with van der Waals surface area (Å²) in [5.41, 5.74) is 4.38. The van der Waals surface area contributed by atoms with E-state index in [9.17, 15) is 0 Å². The Hall–Kier alpha value is -3.64. The normalized spacial score (nSPS) is 17.8. The molecule has 5 rings (SSSR count). The average molecular weight is 455 g/mol. The minimum Gasteiger partial charge on any atom is -0.457 e. The van der Waals surface area contributed by atoms with Crippen molar-refractivity contribution in [2.24, 2.45) is 0 Å². The van der Waals surface area contributed by atoms with Gasteiger partial charge in [0.2, 0.25) is 0 Å². The number of anilines is 1. The molecule has 2 atom stereocenters. The van der Waals surface area contributed by atoms with Crippen LogP contribution in [0.1, 0.15) is 36.0 Å². The monoisotopic (exact) mass is 454 g/mol. The highest BCUT2D eigenvalue weighted by Gasteiger charge is 2.41. The Labute approximate surface area is 199 Å². The predicted octanol–water partition coefficient (Wildman–Crippen LogP) is 6.18. The summed E-state index contributed by atoms with van der Waals surface area (Å²) < 4.78 is 8.28. The summed E-state index contributed by atoms with van der Waals surface area (Å²) in [6.45, 7) is 5.11. The summed E-state index contributed by atoms with van der Waals surface area (Å²) in [6.07, 6.45) is 3.94. The first-order valence-electron chi connectivity index (χ1n) is 11.1. The van der Waals surface area contributed by atoms with Gasteiger partial charge in [-0.15, -0.1) is 0 Å². The van der Waals surface area contributed by atoms with E-state index in [1.165, 1.54) is 11.3 Å². The van der Waals surface area contributed by atoms with Crippen molar-refractivity contribution in [3.05, 3.63) is 108 Å². The van der Waals surface area contributed by atoms with Gasteiger partial charge >= 0.3 is 0 Å². The number of nitrogens with zero attached hydrogens (tertiary/aromatic N) is 3. The van der Waals surface area contributed by atoms with Gasteiger partial charge in [-0.3, -0.25) is 4.98 Å². The minimum absolute atomic E-state index is 0.0220. The molecule has 0 saturated carbocycles. The number of ether oxygens (including phenoxy) is 1. The maximum Gasteiger partial charge on any atom is 0.174 e. The van der Waals surface area contributed by atoms with Gasteiger partial charge in [-0.05, 0) is 86.7 Å². The largest absolute Gasteiger partial charge is 0.457 e. The van der Waals surface area contributed by atoms with Crippen LogP contribution in [0.3, 0.4) is 0 Å². The fraction of sp³-hybridized carbons (Fsp3) is 0.185. The topological polar surface area (TPSA) is 42.3 Å². The molecule has 0 bridgehead atoms. The van der Waals surface area contributed by atoms with E-state index >= 15 is 0 Å². The molecule has 1 aliphatic heterocycles. The number of rotatable bonds is 6. The van der Waals surface area contributed by atoms with Crippen molar-refractivity contribution in [1.82, 2.24) is 14.9 Å². The van der Waals surface area contributed by atoms with E-state index in [0.717, 1.165) is 29.4 Å². The highest BCUT2D eigenvalue weighted by molar-refractivity contribution is 7.80. The molecule has 1 fully saturated rings. The summed E-state index contributed by atoms with van der Waals surface area (Å²) in [7, 11) is 0. The van der Waals surface area contributed by atoms with Crippen LogP contribution in [0.15, 0.2) is 91.3 Å². The molecule has 2 aromatic carbocycles. The number of hydrogen-bond donors (Lipinski definition) is 1. The van der Waals surface area contributed by atoms with Crippen molar-refractivity contribution >= 4 is 23.0 Å². The van der Waals surface area contributed by atoms with Crippen molar-refractivity contribution in [1.29, 1.82) is 0 Å². The fourth-order valence-electron chi connectivity index (χ4n) is 4.33. The quantitative estimate of drug-likeness (QED) is 0.352. The SMILES string of the molecule is CCn1cccc1[C@@H]1[C@H](c2ccccn2)NC(=S)N1c1ccc(Oc2ccc(C)cc2)cc1. The maximum absolute atomic E-state index is 6.02. The fourth-order valence-corrected chi connectivity index (χ4v) is 4.68. The van der Waals surface area contributed by atoms with E-state index in [2.05, 4.69) is 70.1 Å². The van der Waals surface area contributed by atoms with Crippen LogP contribution in [0.25, 0.3) is 0 Å². The molecule has 33 heavy (non-hydrogen) atoms. The molecule has 0 spiro atoms. The number of aryl methyl sites for hydroxylation is 2. The van der Waals surface area contributed by atoms with Gasteiger partial charge in [-0.25, -0.2) is 0 Å². The van der Waals surface area contributed by atoms with Gasteiger partial charge in [-0.2, -0.15) is 0 Å². The smallest absolute Gasteiger partial charge is 0.174 e. The molecule has 0 amide bonds. The molecular weight excluding hydrogens is 428 g/mol. The summed E-state index contributed by atoms with van der Waals surface area (Å²) in [5, 5.41) is 4.21. The second kappa shape index (κ2) is 9.08. The Morgan fingerprint density at radius 2 is 1.67 bits per heavy atom. The number of pyridine rings is 1. The van der Waals surface area contributed by atoms with Gasteiger partial charge < -0.3 is 19.5 Å². The number of thiocarbonyl (C=S) groups is 1. The summed E-state index contributed by atoms with van der Waals surface area (Å²) in [6, 6.07) is 26.3. The maximum atomic E-state index is 6.02. The van der Waals surface area contributed by atoms with Crippen molar-refractivity contribution in [2.45, 2.75) is 32.5 Å². The number of hydrogen-bond acceptors (Lipinski definition) is 3. The van der Waals surface area contributed by atoms with Gasteiger partial charge in [0.15, 0.2) is 5.11 Å². The molecule has 4 aromatic rings. The number of nitrogens with one attached hydrogen (secondary N) is 1. The molecule has 1 saturated heterocycles.